The highest BCUT2D eigenvalue weighted by Crippen LogP contribution is 2.35. The van der Waals surface area contributed by atoms with Crippen LogP contribution >= 0.6 is 0 Å². The number of ether oxygens (including phenoxy) is 1. The molecule has 5 nitrogen and oxygen atoms in total. The molecule has 0 aliphatic rings. The van der Waals surface area contributed by atoms with Crippen molar-refractivity contribution >= 4 is 22.5 Å². The van der Waals surface area contributed by atoms with Crippen LogP contribution in [0, 0.1) is 0 Å². The summed E-state index contributed by atoms with van der Waals surface area (Å²) in [5, 5.41) is 15.8. The Hall–Kier alpha value is -4.12. The molecule has 0 aromatic heterocycles. The van der Waals surface area contributed by atoms with E-state index in [-0.39, 0.29) is 23.9 Å². The lowest BCUT2D eigenvalue weighted by Gasteiger charge is -2.22. The van der Waals surface area contributed by atoms with Crippen molar-refractivity contribution in [1.29, 1.82) is 0 Å². The summed E-state index contributed by atoms with van der Waals surface area (Å²) in [6.45, 7) is 1.90. The molecule has 172 valence electrons. The van der Waals surface area contributed by atoms with Crippen LogP contribution in [0.4, 0.5) is 0 Å². The van der Waals surface area contributed by atoms with Crippen molar-refractivity contribution in [1.82, 2.24) is 5.32 Å². The van der Waals surface area contributed by atoms with E-state index in [1.165, 1.54) is 6.92 Å². The van der Waals surface area contributed by atoms with Gasteiger partial charge >= 0.3 is 0 Å². The molecular weight excluding hydrogens is 426 g/mol. The second kappa shape index (κ2) is 10.7. The van der Waals surface area contributed by atoms with Gasteiger partial charge in [-0.05, 0) is 60.0 Å². The highest BCUT2D eigenvalue weighted by Gasteiger charge is 2.22. The summed E-state index contributed by atoms with van der Waals surface area (Å²) in [5.74, 6) is 0.684. The zero-order valence-electron chi connectivity index (χ0n) is 19.0. The van der Waals surface area contributed by atoms with Gasteiger partial charge in [0.2, 0.25) is 5.91 Å². The zero-order valence-corrected chi connectivity index (χ0v) is 19.0. The Labute approximate surface area is 199 Å². The second-order valence-corrected chi connectivity index (χ2v) is 8.16. The summed E-state index contributed by atoms with van der Waals surface area (Å²) < 4.78 is 5.71. The Balaban J connectivity index is 1.45. The number of phenols is 1. The first-order valence-corrected chi connectivity index (χ1v) is 11.3. The Bertz CT molecular complexity index is 1280. The molecule has 0 fully saturated rings. The third-order valence-corrected chi connectivity index (χ3v) is 5.75. The predicted octanol–water partition coefficient (Wildman–Crippen LogP) is 5.81. The SMILES string of the molecule is CC(=O)c1ccc(OCCCC(=O)NC(c2ccccc2)c2c(O)ccc3ccccc23)cc1. The van der Waals surface area contributed by atoms with Crippen LogP contribution in [0.3, 0.4) is 0 Å². The molecule has 4 aromatic carbocycles. The van der Waals surface area contributed by atoms with E-state index < -0.39 is 6.04 Å². The largest absolute Gasteiger partial charge is 0.508 e. The molecule has 0 saturated heterocycles. The molecule has 1 unspecified atom stereocenters. The van der Waals surface area contributed by atoms with Gasteiger partial charge in [0.1, 0.15) is 11.5 Å². The molecule has 34 heavy (non-hydrogen) atoms. The monoisotopic (exact) mass is 453 g/mol. The van der Waals surface area contributed by atoms with Gasteiger partial charge in [0.25, 0.3) is 0 Å². The lowest BCUT2D eigenvalue weighted by molar-refractivity contribution is -0.121. The molecule has 0 aliphatic carbocycles. The van der Waals surface area contributed by atoms with Crippen molar-refractivity contribution in [3.05, 3.63) is 108 Å². The fraction of sp³-hybridized carbons (Fsp3) is 0.172. The summed E-state index contributed by atoms with van der Waals surface area (Å²) in [6.07, 6.45) is 0.809. The van der Waals surface area contributed by atoms with Crippen LogP contribution < -0.4 is 10.1 Å². The van der Waals surface area contributed by atoms with Gasteiger partial charge < -0.3 is 15.2 Å². The first-order chi connectivity index (χ1) is 16.5. The van der Waals surface area contributed by atoms with Crippen LogP contribution in [0.2, 0.25) is 0 Å². The minimum Gasteiger partial charge on any atom is -0.508 e. The van der Waals surface area contributed by atoms with Gasteiger partial charge in [0.15, 0.2) is 5.78 Å². The van der Waals surface area contributed by atoms with Crippen LogP contribution in [0.5, 0.6) is 11.5 Å². The number of hydrogen-bond donors (Lipinski definition) is 2. The summed E-state index contributed by atoms with van der Waals surface area (Å²) >= 11 is 0. The summed E-state index contributed by atoms with van der Waals surface area (Å²) in [6, 6.07) is 27.5. The highest BCUT2D eigenvalue weighted by atomic mass is 16.5. The van der Waals surface area contributed by atoms with Gasteiger partial charge in [-0.1, -0.05) is 60.7 Å². The number of ketones is 1. The molecule has 4 rings (SSSR count). The van der Waals surface area contributed by atoms with Crippen LogP contribution in [0.1, 0.15) is 47.3 Å². The maximum absolute atomic E-state index is 12.9. The van der Waals surface area contributed by atoms with Gasteiger partial charge in [-0.2, -0.15) is 0 Å². The minimum absolute atomic E-state index is 0.00780. The van der Waals surface area contributed by atoms with Gasteiger partial charge in [0, 0.05) is 17.5 Å². The normalized spacial score (nSPS) is 11.7. The van der Waals surface area contributed by atoms with Gasteiger partial charge in [-0.25, -0.2) is 0 Å². The Morgan fingerprint density at radius 3 is 2.32 bits per heavy atom. The first kappa shape index (κ1) is 23.1. The number of aromatic hydroxyl groups is 1. The number of carbonyl (C=O) groups excluding carboxylic acids is 2. The molecule has 0 heterocycles. The van der Waals surface area contributed by atoms with E-state index in [1.54, 1.807) is 30.3 Å². The zero-order chi connectivity index (χ0) is 23.9. The number of hydrogen-bond acceptors (Lipinski definition) is 4. The van der Waals surface area contributed by atoms with Crippen molar-refractivity contribution in [2.75, 3.05) is 6.61 Å². The molecule has 0 bridgehead atoms. The van der Waals surface area contributed by atoms with Gasteiger partial charge in [-0.15, -0.1) is 0 Å². The second-order valence-electron chi connectivity index (χ2n) is 8.16. The van der Waals surface area contributed by atoms with Crippen LogP contribution in [0.15, 0.2) is 91.0 Å². The van der Waals surface area contributed by atoms with Gasteiger partial charge in [-0.3, -0.25) is 9.59 Å². The highest BCUT2D eigenvalue weighted by molar-refractivity contribution is 5.94. The van der Waals surface area contributed by atoms with Crippen molar-refractivity contribution in [3.8, 4) is 11.5 Å². The maximum atomic E-state index is 12.9. The number of Topliss-reactive ketones (excluding diaryl/α,β-unsaturated/α-hetero) is 1. The van der Waals surface area contributed by atoms with Crippen molar-refractivity contribution in [2.45, 2.75) is 25.8 Å². The molecule has 0 saturated carbocycles. The molecule has 1 atom stereocenters. The predicted molar refractivity (Wildman–Crippen MR) is 133 cm³/mol. The van der Waals surface area contributed by atoms with E-state index in [4.69, 9.17) is 4.74 Å². The minimum atomic E-state index is -0.486. The number of rotatable bonds is 9. The van der Waals surface area contributed by atoms with E-state index in [9.17, 15) is 14.7 Å². The summed E-state index contributed by atoms with van der Waals surface area (Å²) in [4.78, 5) is 24.3. The van der Waals surface area contributed by atoms with Crippen LogP contribution in [-0.2, 0) is 4.79 Å². The number of fused-ring (bicyclic) bond motifs is 1. The maximum Gasteiger partial charge on any atom is 0.220 e. The molecule has 0 spiro atoms. The van der Waals surface area contributed by atoms with E-state index in [0.717, 1.165) is 16.3 Å². The number of nitrogens with one attached hydrogen (secondary N) is 1. The average molecular weight is 454 g/mol. The standard InChI is InChI=1S/C29H27NO4/c1-20(31)21-13-16-24(17-14-21)34-19-7-12-27(33)30-29(23-9-3-2-4-10-23)28-25-11-6-5-8-22(25)15-18-26(28)32/h2-6,8-11,13-18,29,32H,7,12,19H2,1H3,(H,30,33). The third-order valence-electron chi connectivity index (χ3n) is 5.75. The first-order valence-electron chi connectivity index (χ1n) is 11.3. The number of benzene rings is 4. The van der Waals surface area contributed by atoms with E-state index in [1.807, 2.05) is 60.7 Å². The van der Waals surface area contributed by atoms with E-state index >= 15 is 0 Å². The molecule has 1 amide bonds. The van der Waals surface area contributed by atoms with Crippen molar-refractivity contribution in [2.24, 2.45) is 0 Å². The molecule has 0 aliphatic heterocycles. The number of phenolic OH excluding ortho intramolecular Hbond substituents is 1. The quantitative estimate of drug-likeness (QED) is 0.248. The third kappa shape index (κ3) is 5.44. The number of amides is 1. The van der Waals surface area contributed by atoms with Crippen molar-refractivity contribution < 1.29 is 19.4 Å². The average Bonchev–Trinajstić information content (AvgIpc) is 2.86. The Kier molecular flexibility index (Phi) is 7.23. The fourth-order valence-electron chi connectivity index (χ4n) is 4.00. The molecule has 0 radical (unpaired) electrons. The molecular formula is C29H27NO4. The van der Waals surface area contributed by atoms with Crippen LogP contribution in [0.25, 0.3) is 10.8 Å². The van der Waals surface area contributed by atoms with Crippen LogP contribution in [-0.4, -0.2) is 23.4 Å². The van der Waals surface area contributed by atoms with Crippen molar-refractivity contribution in [3.63, 3.8) is 0 Å². The smallest absolute Gasteiger partial charge is 0.220 e. The number of carbonyl (C=O) groups is 2. The molecule has 5 heteroatoms. The fourth-order valence-corrected chi connectivity index (χ4v) is 4.00. The molecule has 4 aromatic rings. The van der Waals surface area contributed by atoms with E-state index in [2.05, 4.69) is 5.32 Å². The molecule has 2 N–H and O–H groups in total. The summed E-state index contributed by atoms with van der Waals surface area (Å²) in [5.41, 5.74) is 2.21. The lowest BCUT2D eigenvalue weighted by Crippen LogP contribution is -2.29. The Morgan fingerprint density at radius 1 is 0.882 bits per heavy atom. The Morgan fingerprint density at radius 2 is 1.59 bits per heavy atom. The lowest BCUT2D eigenvalue weighted by atomic mass is 9.92. The topological polar surface area (TPSA) is 75.6 Å². The van der Waals surface area contributed by atoms with Gasteiger partial charge in [0.05, 0.1) is 12.6 Å². The summed E-state index contributed by atoms with van der Waals surface area (Å²) in [7, 11) is 0. The van der Waals surface area contributed by atoms with E-state index in [0.29, 0.717) is 29.9 Å².